The summed E-state index contributed by atoms with van der Waals surface area (Å²) in [4.78, 5) is 29.7. The van der Waals surface area contributed by atoms with Crippen LogP contribution in [0, 0.1) is 13.8 Å². The monoisotopic (exact) mass is 408 g/mol. The van der Waals surface area contributed by atoms with Gasteiger partial charge in [0.25, 0.3) is 5.91 Å². The van der Waals surface area contributed by atoms with Crippen LogP contribution in [-0.2, 0) is 0 Å². The lowest BCUT2D eigenvalue weighted by Crippen LogP contribution is -2.38. The number of carbonyl (C=O) groups excluding carboxylic acids is 1. The maximum atomic E-state index is 12.7. The number of aromatic nitrogens is 4. The molecule has 1 atom stereocenters. The number of anilines is 1. The van der Waals surface area contributed by atoms with E-state index >= 15 is 0 Å². The molecule has 150 valence electrons. The van der Waals surface area contributed by atoms with Crippen molar-refractivity contribution in [1.29, 1.82) is 0 Å². The molecule has 3 aromatic heterocycles. The quantitative estimate of drug-likeness (QED) is 0.701. The lowest BCUT2D eigenvalue weighted by Gasteiger charge is -2.17. The first-order valence-corrected chi connectivity index (χ1v) is 10.9. The number of hydrogen-bond acceptors (Lipinski definition) is 6. The number of rotatable bonds is 5. The van der Waals surface area contributed by atoms with Crippen LogP contribution in [0.15, 0.2) is 30.6 Å². The Hall–Kier alpha value is -2.74. The standard InChI is InChI=1S/C21H24N6OS/c1-13-19(29-14(2)23-13)17-7-9-22-21(25-17)26-11-8-15(12-26)24-20(28)18-4-3-10-27(18)16-5-6-16/h3-4,7,9-10,15-16H,5-6,8,11-12H2,1-2H3,(H,24,28). The molecule has 5 rings (SSSR count). The van der Waals surface area contributed by atoms with Crippen molar-refractivity contribution < 1.29 is 4.79 Å². The number of nitrogens with one attached hydrogen (secondary N) is 1. The lowest BCUT2D eigenvalue weighted by molar-refractivity contribution is 0.0931. The summed E-state index contributed by atoms with van der Waals surface area (Å²) in [5, 5.41) is 4.24. The van der Waals surface area contributed by atoms with Crippen LogP contribution in [0.3, 0.4) is 0 Å². The SMILES string of the molecule is Cc1nc(C)c(-c2ccnc(N3CCC(NC(=O)c4cccn4C4CC4)C3)n2)s1. The molecule has 4 heterocycles. The summed E-state index contributed by atoms with van der Waals surface area (Å²) < 4.78 is 2.11. The molecule has 1 unspecified atom stereocenters. The Morgan fingerprint density at radius 1 is 1.21 bits per heavy atom. The van der Waals surface area contributed by atoms with E-state index in [9.17, 15) is 4.79 Å². The predicted octanol–water partition coefficient (Wildman–Crippen LogP) is 3.36. The van der Waals surface area contributed by atoms with Crippen molar-refractivity contribution in [1.82, 2.24) is 24.8 Å². The molecule has 3 aromatic rings. The fourth-order valence-electron chi connectivity index (χ4n) is 3.97. The van der Waals surface area contributed by atoms with Crippen LogP contribution in [0.5, 0.6) is 0 Å². The third-order valence-corrected chi connectivity index (χ3v) is 6.63. The maximum absolute atomic E-state index is 12.7. The van der Waals surface area contributed by atoms with Gasteiger partial charge < -0.3 is 14.8 Å². The van der Waals surface area contributed by atoms with E-state index in [0.29, 0.717) is 12.0 Å². The van der Waals surface area contributed by atoms with E-state index in [4.69, 9.17) is 4.98 Å². The van der Waals surface area contributed by atoms with E-state index < -0.39 is 0 Å². The smallest absolute Gasteiger partial charge is 0.268 e. The van der Waals surface area contributed by atoms with Gasteiger partial charge >= 0.3 is 0 Å². The molecule has 29 heavy (non-hydrogen) atoms. The Labute approximate surface area is 173 Å². The second-order valence-electron chi connectivity index (χ2n) is 7.83. The normalized spacial score (nSPS) is 19.0. The van der Waals surface area contributed by atoms with Crippen LogP contribution in [0.25, 0.3) is 10.6 Å². The molecule has 0 radical (unpaired) electrons. The van der Waals surface area contributed by atoms with Gasteiger partial charge in [0.1, 0.15) is 5.69 Å². The van der Waals surface area contributed by atoms with E-state index in [2.05, 4.69) is 24.8 Å². The highest BCUT2D eigenvalue weighted by atomic mass is 32.1. The molecule has 0 aromatic carbocycles. The highest BCUT2D eigenvalue weighted by molar-refractivity contribution is 7.15. The van der Waals surface area contributed by atoms with E-state index in [-0.39, 0.29) is 11.9 Å². The maximum Gasteiger partial charge on any atom is 0.268 e. The molecule has 1 amide bonds. The number of amides is 1. The van der Waals surface area contributed by atoms with E-state index in [1.165, 1.54) is 12.8 Å². The molecule has 7 nitrogen and oxygen atoms in total. The van der Waals surface area contributed by atoms with Gasteiger partial charge in [-0.15, -0.1) is 11.3 Å². The lowest BCUT2D eigenvalue weighted by atomic mass is 10.2. The first-order valence-electron chi connectivity index (χ1n) is 10.1. The number of thiazole rings is 1. The summed E-state index contributed by atoms with van der Waals surface area (Å²) in [6, 6.07) is 6.40. The molecule has 1 saturated heterocycles. The Bertz CT molecular complexity index is 1050. The zero-order chi connectivity index (χ0) is 20.0. The number of hydrogen-bond donors (Lipinski definition) is 1. The van der Waals surface area contributed by atoms with Gasteiger partial charge in [-0.2, -0.15) is 0 Å². The second kappa shape index (κ2) is 7.26. The van der Waals surface area contributed by atoms with Crippen LogP contribution in [0.4, 0.5) is 5.95 Å². The summed E-state index contributed by atoms with van der Waals surface area (Å²) in [7, 11) is 0. The Morgan fingerprint density at radius 2 is 2.07 bits per heavy atom. The Balaban J connectivity index is 1.27. The summed E-state index contributed by atoms with van der Waals surface area (Å²) in [5.41, 5.74) is 2.68. The highest BCUT2D eigenvalue weighted by Gasteiger charge is 2.30. The third kappa shape index (κ3) is 3.64. The average molecular weight is 409 g/mol. The largest absolute Gasteiger partial charge is 0.346 e. The molecular weight excluding hydrogens is 384 g/mol. The first kappa shape index (κ1) is 18.3. The van der Waals surface area contributed by atoms with Gasteiger partial charge in [0.15, 0.2) is 0 Å². The zero-order valence-electron chi connectivity index (χ0n) is 16.6. The minimum atomic E-state index is 0.0131. The van der Waals surface area contributed by atoms with Crippen molar-refractivity contribution in [2.75, 3.05) is 18.0 Å². The van der Waals surface area contributed by atoms with Gasteiger partial charge in [0.2, 0.25) is 5.95 Å². The third-order valence-electron chi connectivity index (χ3n) is 5.54. The van der Waals surface area contributed by atoms with Crippen molar-refractivity contribution in [2.24, 2.45) is 0 Å². The van der Waals surface area contributed by atoms with Crippen LogP contribution in [0.1, 0.15) is 46.5 Å². The molecular formula is C21H24N6OS. The number of aryl methyl sites for hydroxylation is 2. The Morgan fingerprint density at radius 3 is 2.83 bits per heavy atom. The first-order chi connectivity index (χ1) is 14.1. The van der Waals surface area contributed by atoms with E-state index in [1.807, 2.05) is 38.2 Å². The number of carbonyl (C=O) groups is 1. The average Bonchev–Trinajstić information content (AvgIpc) is 3.11. The fraction of sp³-hybridized carbons (Fsp3) is 0.429. The molecule has 1 aliphatic carbocycles. The molecule has 0 bridgehead atoms. The van der Waals surface area contributed by atoms with Gasteiger partial charge in [-0.1, -0.05) is 0 Å². The summed E-state index contributed by atoms with van der Waals surface area (Å²) in [6.07, 6.45) is 7.04. The highest BCUT2D eigenvalue weighted by Crippen LogP contribution is 2.36. The molecule has 2 aliphatic rings. The summed E-state index contributed by atoms with van der Waals surface area (Å²) in [5.74, 6) is 0.727. The number of nitrogens with zero attached hydrogens (tertiary/aromatic N) is 5. The summed E-state index contributed by atoms with van der Waals surface area (Å²) in [6.45, 7) is 5.58. The van der Waals surface area contributed by atoms with Gasteiger partial charge in [-0.3, -0.25) is 4.79 Å². The predicted molar refractivity (Wildman–Crippen MR) is 113 cm³/mol. The second-order valence-corrected chi connectivity index (χ2v) is 9.03. The molecule has 8 heteroatoms. The molecule has 1 N–H and O–H groups in total. The van der Waals surface area contributed by atoms with E-state index in [1.54, 1.807) is 17.5 Å². The Kier molecular flexibility index (Phi) is 4.58. The molecule has 0 spiro atoms. The van der Waals surface area contributed by atoms with Crippen molar-refractivity contribution in [3.05, 3.63) is 47.0 Å². The van der Waals surface area contributed by atoms with Crippen LogP contribution < -0.4 is 10.2 Å². The van der Waals surface area contributed by atoms with Crippen LogP contribution in [-0.4, -0.2) is 44.6 Å². The van der Waals surface area contributed by atoms with Gasteiger partial charge in [0, 0.05) is 37.6 Å². The van der Waals surface area contributed by atoms with Crippen LogP contribution in [0.2, 0.25) is 0 Å². The van der Waals surface area contributed by atoms with Crippen molar-refractivity contribution in [3.63, 3.8) is 0 Å². The molecule has 1 aliphatic heterocycles. The van der Waals surface area contributed by atoms with Crippen molar-refractivity contribution >= 4 is 23.2 Å². The topological polar surface area (TPSA) is 75.9 Å². The molecule has 1 saturated carbocycles. The van der Waals surface area contributed by atoms with Crippen molar-refractivity contribution in [2.45, 2.75) is 45.2 Å². The fourth-order valence-corrected chi connectivity index (χ4v) is 4.86. The minimum Gasteiger partial charge on any atom is -0.346 e. The van der Waals surface area contributed by atoms with Gasteiger partial charge in [-0.25, -0.2) is 15.0 Å². The van der Waals surface area contributed by atoms with Gasteiger partial charge in [-0.05, 0) is 51.3 Å². The van der Waals surface area contributed by atoms with E-state index in [0.717, 1.165) is 46.5 Å². The molecule has 2 fully saturated rings. The van der Waals surface area contributed by atoms with Crippen LogP contribution >= 0.6 is 11.3 Å². The summed E-state index contributed by atoms with van der Waals surface area (Å²) >= 11 is 1.66. The zero-order valence-corrected chi connectivity index (χ0v) is 17.4. The minimum absolute atomic E-state index is 0.0131. The van der Waals surface area contributed by atoms with Crippen molar-refractivity contribution in [3.8, 4) is 10.6 Å². The van der Waals surface area contributed by atoms with Gasteiger partial charge in [0.05, 0.1) is 21.3 Å².